The van der Waals surface area contributed by atoms with Gasteiger partial charge in [0.25, 0.3) is 0 Å². The van der Waals surface area contributed by atoms with Crippen LogP contribution in [0.3, 0.4) is 0 Å². The number of fused-ring (bicyclic) bond motifs is 7. The third-order valence-corrected chi connectivity index (χ3v) is 9.93. The highest BCUT2D eigenvalue weighted by Gasteiger charge is 2.20. The van der Waals surface area contributed by atoms with Crippen LogP contribution in [0.25, 0.3) is 76.5 Å². The molecule has 0 bridgehead atoms. The largest absolute Gasteiger partial charge is 0.455 e. The van der Waals surface area contributed by atoms with Gasteiger partial charge in [0, 0.05) is 50.9 Å². The third kappa shape index (κ3) is 4.63. The zero-order valence-corrected chi connectivity index (χ0v) is 27.1. The summed E-state index contributed by atoms with van der Waals surface area (Å²) in [7, 11) is 0. The molecule has 0 N–H and O–H groups in total. The van der Waals surface area contributed by atoms with Gasteiger partial charge in [-0.15, -0.1) is 0 Å². The van der Waals surface area contributed by atoms with E-state index in [0.717, 1.165) is 55.3 Å². The highest BCUT2D eigenvalue weighted by atomic mass is 16.3. The summed E-state index contributed by atoms with van der Waals surface area (Å²) < 4.78 is 6.50. The maximum Gasteiger partial charge on any atom is 0.143 e. The van der Waals surface area contributed by atoms with Gasteiger partial charge in [0.05, 0.1) is 5.69 Å². The first-order valence-electron chi connectivity index (χ1n) is 16.9. The van der Waals surface area contributed by atoms with Crippen LogP contribution in [-0.4, -0.2) is 4.98 Å². The van der Waals surface area contributed by atoms with Gasteiger partial charge in [0.2, 0.25) is 0 Å². The Labute approximate surface area is 289 Å². The molecule has 2 aromatic heterocycles. The summed E-state index contributed by atoms with van der Waals surface area (Å²) in [5, 5.41) is 9.25. The molecule has 0 radical (unpaired) electrons. The zero-order valence-electron chi connectivity index (χ0n) is 27.1. The average molecular weight is 639 g/mol. The molecular formula is C47H30N2O. The highest BCUT2D eigenvalue weighted by molar-refractivity contribution is 6.15. The molecule has 0 fully saturated rings. The predicted molar refractivity (Wildman–Crippen MR) is 210 cm³/mol. The monoisotopic (exact) mass is 638 g/mol. The Hall–Kier alpha value is -6.71. The number of pyridine rings is 1. The van der Waals surface area contributed by atoms with Crippen molar-refractivity contribution in [1.29, 1.82) is 0 Å². The van der Waals surface area contributed by atoms with E-state index >= 15 is 0 Å². The molecule has 50 heavy (non-hydrogen) atoms. The topological polar surface area (TPSA) is 29.3 Å². The molecule has 0 amide bonds. The lowest BCUT2D eigenvalue weighted by molar-refractivity contribution is 0.672. The molecule has 0 atom stereocenters. The van der Waals surface area contributed by atoms with Crippen molar-refractivity contribution in [3.8, 4) is 22.3 Å². The second kappa shape index (κ2) is 11.5. The molecule has 10 rings (SSSR count). The van der Waals surface area contributed by atoms with Gasteiger partial charge in [-0.1, -0.05) is 115 Å². The van der Waals surface area contributed by atoms with Crippen LogP contribution in [0.4, 0.5) is 17.1 Å². The third-order valence-electron chi connectivity index (χ3n) is 9.93. The molecule has 0 spiro atoms. The lowest BCUT2D eigenvalue weighted by Crippen LogP contribution is -2.11. The molecule has 2 heterocycles. The molecular weight excluding hydrogens is 609 g/mol. The quantitative estimate of drug-likeness (QED) is 0.188. The molecule has 3 heteroatoms. The molecule has 0 saturated heterocycles. The minimum atomic E-state index is 0.863. The fourth-order valence-electron chi connectivity index (χ4n) is 7.49. The van der Waals surface area contributed by atoms with Gasteiger partial charge >= 0.3 is 0 Å². The van der Waals surface area contributed by atoms with Crippen molar-refractivity contribution in [3.05, 3.63) is 182 Å². The smallest absolute Gasteiger partial charge is 0.143 e. The van der Waals surface area contributed by atoms with E-state index in [0.29, 0.717) is 0 Å². The molecule has 0 aliphatic rings. The molecule has 3 nitrogen and oxygen atoms in total. The van der Waals surface area contributed by atoms with E-state index in [4.69, 9.17) is 4.42 Å². The molecule has 0 unspecified atom stereocenters. The van der Waals surface area contributed by atoms with Crippen molar-refractivity contribution < 1.29 is 4.42 Å². The number of benzene rings is 8. The molecule has 0 saturated carbocycles. The van der Waals surface area contributed by atoms with Gasteiger partial charge in [0.15, 0.2) is 0 Å². The number of anilines is 3. The molecule has 8 aromatic carbocycles. The van der Waals surface area contributed by atoms with E-state index < -0.39 is 0 Å². The minimum Gasteiger partial charge on any atom is -0.455 e. The Morgan fingerprint density at radius 1 is 0.420 bits per heavy atom. The highest BCUT2D eigenvalue weighted by Crippen LogP contribution is 2.44. The summed E-state index contributed by atoms with van der Waals surface area (Å²) in [4.78, 5) is 6.70. The average Bonchev–Trinajstić information content (AvgIpc) is 3.57. The van der Waals surface area contributed by atoms with Crippen molar-refractivity contribution >= 4 is 71.3 Å². The summed E-state index contributed by atoms with van der Waals surface area (Å²) in [6, 6.07) is 60.9. The van der Waals surface area contributed by atoms with Crippen molar-refractivity contribution in [2.75, 3.05) is 4.90 Å². The maximum atomic E-state index is 6.50. The lowest BCUT2D eigenvalue weighted by atomic mass is 9.97. The van der Waals surface area contributed by atoms with E-state index in [1.807, 2.05) is 18.5 Å². The Balaban J connectivity index is 1.17. The van der Waals surface area contributed by atoms with Gasteiger partial charge in [-0.2, -0.15) is 0 Å². The van der Waals surface area contributed by atoms with Gasteiger partial charge in [0.1, 0.15) is 11.2 Å². The van der Waals surface area contributed by atoms with Crippen LogP contribution in [0, 0.1) is 0 Å². The predicted octanol–water partition coefficient (Wildman–Crippen LogP) is 13.2. The second-order valence-electron chi connectivity index (χ2n) is 12.8. The summed E-state index contributed by atoms with van der Waals surface area (Å²) in [6.07, 6.45) is 3.72. The summed E-state index contributed by atoms with van der Waals surface area (Å²) in [5.74, 6) is 0. The maximum absolute atomic E-state index is 6.50. The Kier molecular flexibility index (Phi) is 6.49. The van der Waals surface area contributed by atoms with Crippen LogP contribution in [0.15, 0.2) is 187 Å². The van der Waals surface area contributed by atoms with Crippen LogP contribution in [0.2, 0.25) is 0 Å². The fourth-order valence-corrected chi connectivity index (χ4v) is 7.49. The SMILES string of the molecule is c1ccc(N(c2ccc(-c3cccc4ccccc34)cc2)c2ccc3oc4c5ccncc5ccc4c3c2)c(-c2ccc3ccccc3c2)c1. The number of hydrogen-bond donors (Lipinski definition) is 0. The summed E-state index contributed by atoms with van der Waals surface area (Å²) in [5.41, 5.74) is 9.73. The first-order valence-corrected chi connectivity index (χ1v) is 16.9. The number of aromatic nitrogens is 1. The Morgan fingerprint density at radius 2 is 1.14 bits per heavy atom. The second-order valence-corrected chi connectivity index (χ2v) is 12.8. The summed E-state index contributed by atoms with van der Waals surface area (Å²) in [6.45, 7) is 0. The normalized spacial score (nSPS) is 11.6. The molecule has 0 aliphatic carbocycles. The lowest BCUT2D eigenvalue weighted by Gasteiger charge is -2.28. The first kappa shape index (κ1) is 28.3. The van der Waals surface area contributed by atoms with Gasteiger partial charge in [-0.25, -0.2) is 0 Å². The zero-order chi connectivity index (χ0) is 33.0. The van der Waals surface area contributed by atoms with Gasteiger partial charge in [-0.05, 0) is 92.8 Å². The van der Waals surface area contributed by atoms with E-state index in [1.54, 1.807) is 0 Å². The van der Waals surface area contributed by atoms with E-state index in [9.17, 15) is 0 Å². The first-order chi connectivity index (χ1) is 24.8. The van der Waals surface area contributed by atoms with Crippen LogP contribution < -0.4 is 4.90 Å². The molecule has 10 aromatic rings. The number of rotatable bonds is 5. The van der Waals surface area contributed by atoms with E-state index in [-0.39, 0.29) is 0 Å². The van der Waals surface area contributed by atoms with E-state index in [1.165, 1.54) is 38.2 Å². The molecule has 0 aliphatic heterocycles. The number of furan rings is 1. The van der Waals surface area contributed by atoms with Crippen LogP contribution >= 0.6 is 0 Å². The van der Waals surface area contributed by atoms with Crippen LogP contribution in [-0.2, 0) is 0 Å². The molecule has 234 valence electrons. The number of para-hydroxylation sites is 1. The van der Waals surface area contributed by atoms with Crippen LogP contribution in [0.1, 0.15) is 0 Å². The Morgan fingerprint density at radius 3 is 2.06 bits per heavy atom. The van der Waals surface area contributed by atoms with Crippen molar-refractivity contribution in [3.63, 3.8) is 0 Å². The number of hydrogen-bond acceptors (Lipinski definition) is 3. The van der Waals surface area contributed by atoms with Crippen molar-refractivity contribution in [2.24, 2.45) is 0 Å². The van der Waals surface area contributed by atoms with Gasteiger partial charge in [-0.3, -0.25) is 4.98 Å². The Bertz CT molecular complexity index is 2880. The van der Waals surface area contributed by atoms with Crippen molar-refractivity contribution in [2.45, 2.75) is 0 Å². The summed E-state index contributed by atoms with van der Waals surface area (Å²) >= 11 is 0. The minimum absolute atomic E-state index is 0.863. The standard InChI is InChI=1S/C47H30N2O/c1-2-10-34-28-35(17-16-31(34)8-1)41-13-5-6-15-45(41)49(37-21-18-33(19-22-37)40-14-7-11-32-9-3-4-12-39(32)40)38-23-25-46-44(29-38)43-24-20-36-30-48-27-26-42(36)47(43)50-46/h1-30H. The van der Waals surface area contributed by atoms with Crippen molar-refractivity contribution in [1.82, 2.24) is 4.98 Å². The fraction of sp³-hybridized carbons (Fsp3) is 0. The number of nitrogens with zero attached hydrogens (tertiary/aromatic N) is 2. The van der Waals surface area contributed by atoms with Crippen LogP contribution in [0.5, 0.6) is 0 Å². The van der Waals surface area contributed by atoms with E-state index in [2.05, 4.69) is 174 Å². The van der Waals surface area contributed by atoms with Gasteiger partial charge < -0.3 is 9.32 Å².